The summed E-state index contributed by atoms with van der Waals surface area (Å²) >= 11 is 0. The van der Waals surface area contributed by atoms with Crippen LogP contribution in [0.5, 0.6) is 0 Å². The molecule has 2 amide bonds. The summed E-state index contributed by atoms with van der Waals surface area (Å²) in [6, 6.07) is 9.39. The number of anilines is 2. The number of likely N-dealkylation sites (N-methyl/N-ethyl adjacent to an activating group) is 1. The number of nitrogens with zero attached hydrogens (tertiary/aromatic N) is 2. The molecule has 0 unspecified atom stereocenters. The summed E-state index contributed by atoms with van der Waals surface area (Å²) in [5, 5.41) is 2.83. The standard InChI is InChI=1S/C20H25N3O4/c1-14-12-18(15(2)27-14)20(25)22(3)13-19(24)21-16-4-6-17(7-5-16)23-8-10-26-11-9-23/h4-7,12H,8-11,13H2,1-3H3,(H,21,24). The van der Waals surface area contributed by atoms with Crippen molar-refractivity contribution in [3.8, 4) is 0 Å². The van der Waals surface area contributed by atoms with Gasteiger partial charge in [0.1, 0.15) is 11.5 Å². The fraction of sp³-hybridized carbons (Fsp3) is 0.400. The quantitative estimate of drug-likeness (QED) is 0.874. The molecule has 0 bridgehead atoms. The van der Waals surface area contributed by atoms with E-state index in [1.165, 1.54) is 4.90 Å². The van der Waals surface area contributed by atoms with E-state index in [2.05, 4.69) is 10.2 Å². The first kappa shape index (κ1) is 19.0. The Kier molecular flexibility index (Phi) is 5.81. The number of amides is 2. The molecule has 1 aliphatic heterocycles. The highest BCUT2D eigenvalue weighted by atomic mass is 16.5. The molecule has 1 aliphatic rings. The van der Waals surface area contributed by atoms with Gasteiger partial charge in [0, 0.05) is 31.5 Å². The minimum atomic E-state index is -0.247. The van der Waals surface area contributed by atoms with Crippen LogP contribution in [0.15, 0.2) is 34.7 Å². The Morgan fingerprint density at radius 1 is 1.15 bits per heavy atom. The zero-order valence-corrected chi connectivity index (χ0v) is 15.9. The molecule has 0 atom stereocenters. The third-order valence-corrected chi connectivity index (χ3v) is 4.53. The maximum Gasteiger partial charge on any atom is 0.257 e. The van der Waals surface area contributed by atoms with Crippen LogP contribution in [-0.4, -0.2) is 56.6 Å². The molecule has 0 radical (unpaired) electrons. The number of carbonyl (C=O) groups excluding carboxylic acids is 2. The van der Waals surface area contributed by atoms with Crippen molar-refractivity contribution in [3.63, 3.8) is 0 Å². The molecule has 1 aromatic heterocycles. The van der Waals surface area contributed by atoms with Gasteiger partial charge in [-0.25, -0.2) is 0 Å². The minimum absolute atomic E-state index is 0.0340. The number of ether oxygens (including phenoxy) is 1. The van der Waals surface area contributed by atoms with Crippen molar-refractivity contribution in [2.75, 3.05) is 50.1 Å². The van der Waals surface area contributed by atoms with Gasteiger partial charge in [-0.05, 0) is 44.2 Å². The van der Waals surface area contributed by atoms with E-state index in [1.807, 2.05) is 24.3 Å². The van der Waals surface area contributed by atoms with Crippen LogP contribution in [0.1, 0.15) is 21.9 Å². The van der Waals surface area contributed by atoms with Crippen molar-refractivity contribution in [3.05, 3.63) is 47.4 Å². The lowest BCUT2D eigenvalue weighted by Gasteiger charge is -2.28. The summed E-state index contributed by atoms with van der Waals surface area (Å²) in [6.45, 7) is 6.69. The number of hydrogen-bond acceptors (Lipinski definition) is 5. The predicted molar refractivity (Wildman–Crippen MR) is 103 cm³/mol. The first-order chi connectivity index (χ1) is 12.9. The van der Waals surface area contributed by atoms with E-state index >= 15 is 0 Å². The monoisotopic (exact) mass is 371 g/mol. The maximum absolute atomic E-state index is 12.5. The van der Waals surface area contributed by atoms with E-state index in [1.54, 1.807) is 27.0 Å². The molecule has 27 heavy (non-hydrogen) atoms. The van der Waals surface area contributed by atoms with Gasteiger partial charge in [-0.2, -0.15) is 0 Å². The van der Waals surface area contributed by atoms with Crippen molar-refractivity contribution in [2.24, 2.45) is 0 Å². The van der Waals surface area contributed by atoms with Gasteiger partial charge in [-0.1, -0.05) is 0 Å². The molecular formula is C20H25N3O4. The number of nitrogens with one attached hydrogen (secondary N) is 1. The van der Waals surface area contributed by atoms with Crippen molar-refractivity contribution in [2.45, 2.75) is 13.8 Å². The molecule has 7 heteroatoms. The number of benzene rings is 1. The molecule has 7 nitrogen and oxygen atoms in total. The van der Waals surface area contributed by atoms with Gasteiger partial charge in [0.2, 0.25) is 5.91 Å². The van der Waals surface area contributed by atoms with Gasteiger partial charge in [0.15, 0.2) is 0 Å². The minimum Gasteiger partial charge on any atom is -0.466 e. The topological polar surface area (TPSA) is 75.0 Å². The van der Waals surface area contributed by atoms with Crippen LogP contribution >= 0.6 is 0 Å². The molecule has 3 rings (SSSR count). The largest absolute Gasteiger partial charge is 0.466 e. The highest BCUT2D eigenvalue weighted by Crippen LogP contribution is 2.19. The second-order valence-corrected chi connectivity index (χ2v) is 6.68. The molecule has 144 valence electrons. The lowest BCUT2D eigenvalue weighted by atomic mass is 10.2. The van der Waals surface area contributed by atoms with Gasteiger partial charge in [-0.15, -0.1) is 0 Å². The van der Waals surface area contributed by atoms with Crippen LogP contribution in [-0.2, 0) is 9.53 Å². The molecule has 1 saturated heterocycles. The molecule has 2 heterocycles. The zero-order chi connectivity index (χ0) is 19.4. The second kappa shape index (κ2) is 8.26. The van der Waals surface area contributed by atoms with Crippen LogP contribution in [0.25, 0.3) is 0 Å². The van der Waals surface area contributed by atoms with E-state index in [9.17, 15) is 9.59 Å². The van der Waals surface area contributed by atoms with Gasteiger partial charge in [0.05, 0.1) is 25.3 Å². The average molecular weight is 371 g/mol. The fourth-order valence-electron chi connectivity index (χ4n) is 3.11. The molecule has 1 aromatic carbocycles. The van der Waals surface area contributed by atoms with Crippen LogP contribution in [0, 0.1) is 13.8 Å². The Bertz CT molecular complexity index is 807. The number of hydrogen-bond donors (Lipinski definition) is 1. The molecule has 0 aliphatic carbocycles. The Labute approximate surface area is 158 Å². The normalized spacial score (nSPS) is 14.1. The first-order valence-electron chi connectivity index (χ1n) is 8.99. The molecular weight excluding hydrogens is 346 g/mol. The smallest absolute Gasteiger partial charge is 0.257 e. The Morgan fingerprint density at radius 3 is 2.41 bits per heavy atom. The molecule has 0 saturated carbocycles. The SMILES string of the molecule is Cc1cc(C(=O)N(C)CC(=O)Nc2ccc(N3CCOCC3)cc2)c(C)o1. The summed E-state index contributed by atoms with van der Waals surface area (Å²) in [4.78, 5) is 28.4. The third-order valence-electron chi connectivity index (χ3n) is 4.53. The Morgan fingerprint density at radius 2 is 1.81 bits per heavy atom. The Balaban J connectivity index is 1.55. The van der Waals surface area contributed by atoms with Crippen LogP contribution in [0.4, 0.5) is 11.4 Å². The van der Waals surface area contributed by atoms with Crippen molar-refractivity contribution < 1.29 is 18.7 Å². The second-order valence-electron chi connectivity index (χ2n) is 6.68. The van der Waals surface area contributed by atoms with Gasteiger partial charge < -0.3 is 24.3 Å². The number of aryl methyl sites for hydroxylation is 2. The lowest BCUT2D eigenvalue weighted by molar-refractivity contribution is -0.116. The molecule has 1 N–H and O–H groups in total. The highest BCUT2D eigenvalue weighted by Gasteiger charge is 2.19. The summed E-state index contributed by atoms with van der Waals surface area (Å²) in [7, 11) is 1.60. The summed E-state index contributed by atoms with van der Waals surface area (Å²) < 4.78 is 10.7. The highest BCUT2D eigenvalue weighted by molar-refractivity contribution is 5.99. The van der Waals surface area contributed by atoms with Crippen molar-refractivity contribution >= 4 is 23.2 Å². The number of carbonyl (C=O) groups is 2. The Hall–Kier alpha value is -2.80. The van der Waals surface area contributed by atoms with Crippen molar-refractivity contribution in [1.29, 1.82) is 0 Å². The predicted octanol–water partition coefficient (Wildman–Crippen LogP) is 2.44. The van der Waals surface area contributed by atoms with E-state index < -0.39 is 0 Å². The average Bonchev–Trinajstić information content (AvgIpc) is 3.00. The summed E-state index contributed by atoms with van der Waals surface area (Å²) in [5.74, 6) is 0.752. The van der Waals surface area contributed by atoms with Gasteiger partial charge >= 0.3 is 0 Å². The molecule has 2 aromatic rings. The van der Waals surface area contributed by atoms with Gasteiger partial charge in [-0.3, -0.25) is 9.59 Å². The zero-order valence-electron chi connectivity index (χ0n) is 15.9. The summed E-state index contributed by atoms with van der Waals surface area (Å²) in [6.07, 6.45) is 0. The van der Waals surface area contributed by atoms with Gasteiger partial charge in [0.25, 0.3) is 5.91 Å². The van der Waals surface area contributed by atoms with E-state index in [0.717, 1.165) is 32.0 Å². The number of rotatable bonds is 5. The third kappa shape index (κ3) is 4.68. The lowest BCUT2D eigenvalue weighted by Crippen LogP contribution is -2.36. The first-order valence-corrected chi connectivity index (χ1v) is 8.99. The van der Waals surface area contributed by atoms with Crippen molar-refractivity contribution in [1.82, 2.24) is 4.90 Å². The number of furan rings is 1. The van der Waals surface area contributed by atoms with Crippen LogP contribution in [0.2, 0.25) is 0 Å². The van der Waals surface area contributed by atoms with E-state index in [0.29, 0.717) is 22.8 Å². The number of morpholine rings is 1. The van der Waals surface area contributed by atoms with E-state index in [-0.39, 0.29) is 18.4 Å². The van der Waals surface area contributed by atoms with Crippen LogP contribution < -0.4 is 10.2 Å². The van der Waals surface area contributed by atoms with E-state index in [4.69, 9.17) is 9.15 Å². The molecule has 1 fully saturated rings. The fourth-order valence-corrected chi connectivity index (χ4v) is 3.11. The van der Waals surface area contributed by atoms with Crippen LogP contribution in [0.3, 0.4) is 0 Å². The molecule has 0 spiro atoms. The maximum atomic E-state index is 12.5. The summed E-state index contributed by atoms with van der Waals surface area (Å²) in [5.41, 5.74) is 2.29.